The Morgan fingerprint density at radius 3 is 2.42 bits per heavy atom. The molecule has 0 aliphatic carbocycles. The molecule has 136 valence electrons. The first-order valence-electron chi connectivity index (χ1n) is 8.89. The molecule has 0 heterocycles. The summed E-state index contributed by atoms with van der Waals surface area (Å²) in [6.07, 6.45) is 1.11. The van der Waals surface area contributed by atoms with Crippen molar-refractivity contribution in [2.45, 2.75) is 33.7 Å². The van der Waals surface area contributed by atoms with E-state index >= 15 is 0 Å². The third-order valence-corrected chi connectivity index (χ3v) is 3.60. The number of benzene rings is 1. The lowest BCUT2D eigenvalue weighted by molar-refractivity contribution is 0.128. The number of hydrogen-bond donors (Lipinski definition) is 2. The molecule has 5 heteroatoms. The van der Waals surface area contributed by atoms with E-state index in [1.54, 1.807) is 0 Å². The summed E-state index contributed by atoms with van der Waals surface area (Å²) >= 11 is 0. The SMILES string of the molecule is CCNC(=NCc1ccc(N(C)C)cc1)NCCOCCC(C)C. The molecule has 0 fully saturated rings. The number of aliphatic imine (C=N–C) groups is 1. The van der Waals surface area contributed by atoms with Crippen molar-refractivity contribution in [1.29, 1.82) is 0 Å². The van der Waals surface area contributed by atoms with Gasteiger partial charge in [-0.05, 0) is 37.0 Å². The maximum atomic E-state index is 5.62. The number of ether oxygens (including phenoxy) is 1. The monoisotopic (exact) mass is 334 g/mol. The van der Waals surface area contributed by atoms with Gasteiger partial charge in [-0.2, -0.15) is 0 Å². The molecule has 24 heavy (non-hydrogen) atoms. The molecule has 0 bridgehead atoms. The van der Waals surface area contributed by atoms with Crippen LogP contribution in [0.15, 0.2) is 29.3 Å². The zero-order valence-electron chi connectivity index (χ0n) is 15.9. The fourth-order valence-corrected chi connectivity index (χ4v) is 2.07. The summed E-state index contributed by atoms with van der Waals surface area (Å²) in [5.74, 6) is 1.53. The smallest absolute Gasteiger partial charge is 0.191 e. The molecule has 2 N–H and O–H groups in total. The Hall–Kier alpha value is -1.75. The Bertz CT molecular complexity index is 469. The van der Waals surface area contributed by atoms with E-state index < -0.39 is 0 Å². The lowest BCUT2D eigenvalue weighted by Gasteiger charge is -2.13. The molecule has 0 aliphatic rings. The zero-order valence-corrected chi connectivity index (χ0v) is 15.9. The summed E-state index contributed by atoms with van der Waals surface area (Å²) < 4.78 is 5.62. The van der Waals surface area contributed by atoms with E-state index in [9.17, 15) is 0 Å². The highest BCUT2D eigenvalue weighted by Crippen LogP contribution is 2.12. The standard InChI is InChI=1S/C19H34N4O/c1-6-20-19(21-12-14-24-13-11-16(2)3)22-15-17-7-9-18(10-8-17)23(4)5/h7-10,16H,6,11-15H2,1-5H3,(H2,20,21,22). The van der Waals surface area contributed by atoms with Gasteiger partial charge in [-0.3, -0.25) is 0 Å². The minimum absolute atomic E-state index is 0.664. The van der Waals surface area contributed by atoms with Gasteiger partial charge in [0, 0.05) is 39.5 Å². The third kappa shape index (κ3) is 8.77. The Balaban J connectivity index is 2.38. The Morgan fingerprint density at radius 1 is 1.12 bits per heavy atom. The minimum atomic E-state index is 0.664. The number of hydrogen-bond acceptors (Lipinski definition) is 3. The van der Waals surface area contributed by atoms with Crippen molar-refractivity contribution in [2.24, 2.45) is 10.9 Å². The fourth-order valence-electron chi connectivity index (χ4n) is 2.07. The summed E-state index contributed by atoms with van der Waals surface area (Å²) in [5.41, 5.74) is 2.40. The van der Waals surface area contributed by atoms with Gasteiger partial charge in [0.05, 0.1) is 13.2 Å². The average molecular weight is 335 g/mol. The fraction of sp³-hybridized carbons (Fsp3) is 0.632. The molecular formula is C19H34N4O. The van der Waals surface area contributed by atoms with Gasteiger partial charge in [-0.25, -0.2) is 4.99 Å². The van der Waals surface area contributed by atoms with Gasteiger partial charge in [-0.1, -0.05) is 26.0 Å². The van der Waals surface area contributed by atoms with Crippen molar-refractivity contribution >= 4 is 11.6 Å². The number of anilines is 1. The highest BCUT2D eigenvalue weighted by atomic mass is 16.5. The number of rotatable bonds is 10. The van der Waals surface area contributed by atoms with Crippen LogP contribution in [0.3, 0.4) is 0 Å². The van der Waals surface area contributed by atoms with E-state index in [4.69, 9.17) is 4.74 Å². The van der Waals surface area contributed by atoms with Crippen LogP contribution in [-0.2, 0) is 11.3 Å². The van der Waals surface area contributed by atoms with Crippen LogP contribution in [0.2, 0.25) is 0 Å². The van der Waals surface area contributed by atoms with Crippen LogP contribution >= 0.6 is 0 Å². The number of nitrogens with zero attached hydrogens (tertiary/aromatic N) is 2. The zero-order chi connectivity index (χ0) is 17.8. The van der Waals surface area contributed by atoms with Crippen LogP contribution in [-0.4, -0.2) is 46.4 Å². The van der Waals surface area contributed by atoms with Crippen LogP contribution in [0.1, 0.15) is 32.8 Å². The topological polar surface area (TPSA) is 48.9 Å². The van der Waals surface area contributed by atoms with Crippen molar-refractivity contribution in [2.75, 3.05) is 45.3 Å². The summed E-state index contributed by atoms with van der Waals surface area (Å²) in [4.78, 5) is 6.72. The van der Waals surface area contributed by atoms with E-state index in [1.807, 2.05) is 14.1 Å². The van der Waals surface area contributed by atoms with Gasteiger partial charge in [0.2, 0.25) is 0 Å². The highest BCUT2D eigenvalue weighted by molar-refractivity contribution is 5.79. The molecule has 0 unspecified atom stereocenters. The van der Waals surface area contributed by atoms with E-state index in [2.05, 4.69) is 65.6 Å². The second-order valence-electron chi connectivity index (χ2n) is 6.48. The maximum absolute atomic E-state index is 5.62. The minimum Gasteiger partial charge on any atom is -0.380 e. The van der Waals surface area contributed by atoms with Crippen molar-refractivity contribution in [3.8, 4) is 0 Å². The van der Waals surface area contributed by atoms with Gasteiger partial charge in [0.15, 0.2) is 5.96 Å². The predicted molar refractivity (Wildman–Crippen MR) is 104 cm³/mol. The molecule has 1 aromatic rings. The van der Waals surface area contributed by atoms with Gasteiger partial charge in [-0.15, -0.1) is 0 Å². The molecule has 1 rings (SSSR count). The largest absolute Gasteiger partial charge is 0.380 e. The second-order valence-corrected chi connectivity index (χ2v) is 6.48. The summed E-state index contributed by atoms with van der Waals surface area (Å²) in [6.45, 7) is 10.3. The number of guanidine groups is 1. The van der Waals surface area contributed by atoms with Crippen LogP contribution in [0, 0.1) is 5.92 Å². The lowest BCUT2D eigenvalue weighted by atomic mass is 10.1. The molecule has 0 saturated carbocycles. The number of nitrogens with one attached hydrogen (secondary N) is 2. The van der Waals surface area contributed by atoms with Gasteiger partial charge >= 0.3 is 0 Å². The Morgan fingerprint density at radius 2 is 1.83 bits per heavy atom. The molecular weight excluding hydrogens is 300 g/mol. The second kappa shape index (κ2) is 11.7. The molecule has 1 aromatic carbocycles. The van der Waals surface area contributed by atoms with Crippen molar-refractivity contribution < 1.29 is 4.74 Å². The Labute approximate surface area is 147 Å². The molecule has 5 nitrogen and oxygen atoms in total. The first-order chi connectivity index (χ1) is 11.5. The van der Waals surface area contributed by atoms with Gasteiger partial charge in [0.1, 0.15) is 0 Å². The molecule has 0 saturated heterocycles. The first-order valence-corrected chi connectivity index (χ1v) is 8.89. The van der Waals surface area contributed by atoms with Crippen molar-refractivity contribution in [3.63, 3.8) is 0 Å². The first kappa shape index (κ1) is 20.3. The highest BCUT2D eigenvalue weighted by Gasteiger charge is 1.99. The molecule has 0 aromatic heterocycles. The quantitative estimate of drug-likeness (QED) is 0.392. The van der Waals surface area contributed by atoms with Gasteiger partial charge < -0.3 is 20.3 Å². The van der Waals surface area contributed by atoms with Crippen LogP contribution < -0.4 is 15.5 Å². The van der Waals surface area contributed by atoms with Gasteiger partial charge in [0.25, 0.3) is 0 Å². The summed E-state index contributed by atoms with van der Waals surface area (Å²) in [6, 6.07) is 8.48. The normalized spacial score (nSPS) is 11.7. The van der Waals surface area contributed by atoms with Crippen LogP contribution in [0.4, 0.5) is 5.69 Å². The van der Waals surface area contributed by atoms with Crippen molar-refractivity contribution in [3.05, 3.63) is 29.8 Å². The lowest BCUT2D eigenvalue weighted by Crippen LogP contribution is -2.39. The Kier molecular flexibility index (Phi) is 9.92. The molecule has 0 amide bonds. The summed E-state index contributed by atoms with van der Waals surface area (Å²) in [5, 5.41) is 6.58. The van der Waals surface area contributed by atoms with E-state index in [1.165, 1.54) is 11.3 Å². The van der Waals surface area contributed by atoms with E-state index in [0.29, 0.717) is 19.1 Å². The van der Waals surface area contributed by atoms with Crippen LogP contribution in [0.5, 0.6) is 0 Å². The molecule has 0 atom stereocenters. The predicted octanol–water partition coefficient (Wildman–Crippen LogP) is 2.87. The van der Waals surface area contributed by atoms with Crippen LogP contribution in [0.25, 0.3) is 0 Å². The van der Waals surface area contributed by atoms with E-state index in [-0.39, 0.29) is 0 Å². The molecule has 0 radical (unpaired) electrons. The molecule has 0 aliphatic heterocycles. The summed E-state index contributed by atoms with van der Waals surface area (Å²) in [7, 11) is 4.09. The maximum Gasteiger partial charge on any atom is 0.191 e. The van der Waals surface area contributed by atoms with E-state index in [0.717, 1.165) is 32.1 Å². The average Bonchev–Trinajstić information content (AvgIpc) is 2.55. The third-order valence-electron chi connectivity index (χ3n) is 3.60. The van der Waals surface area contributed by atoms with Crippen molar-refractivity contribution in [1.82, 2.24) is 10.6 Å². The molecule has 0 spiro atoms.